The van der Waals surface area contributed by atoms with Crippen LogP contribution in [0.25, 0.3) is 0 Å². The van der Waals surface area contributed by atoms with E-state index in [0.29, 0.717) is 21.5 Å². The second-order valence-electron chi connectivity index (χ2n) is 12.8. The van der Waals surface area contributed by atoms with Gasteiger partial charge in [0.2, 0.25) is 0 Å². The molecule has 5 aliphatic rings. The monoisotopic (exact) mass is 570 g/mol. The molecular weight excluding hydrogens is 536 g/mol. The van der Waals surface area contributed by atoms with Gasteiger partial charge in [0.15, 0.2) is 23.3 Å². The van der Waals surface area contributed by atoms with Gasteiger partial charge >= 0.3 is 5.97 Å². The first-order valence-corrected chi connectivity index (χ1v) is 14.0. The van der Waals surface area contributed by atoms with Gasteiger partial charge < -0.3 is 19.3 Å². The number of ether oxygens (including phenoxy) is 3. The largest absolute Gasteiger partial charge is 0.451 e. The van der Waals surface area contributed by atoms with E-state index in [2.05, 4.69) is 36.7 Å². The number of halogens is 1. The highest BCUT2D eigenvalue weighted by Crippen LogP contribution is 2.72. The van der Waals surface area contributed by atoms with Gasteiger partial charge in [0.05, 0.1) is 17.6 Å². The van der Waals surface area contributed by atoms with E-state index in [9.17, 15) is 14.7 Å². The summed E-state index contributed by atoms with van der Waals surface area (Å²) in [4.78, 5) is 28.2. The first-order chi connectivity index (χ1) is 17.3. The van der Waals surface area contributed by atoms with Gasteiger partial charge in [-0.2, -0.15) is 0 Å². The minimum absolute atomic E-state index is 0.00247. The minimum Gasteiger partial charge on any atom is -0.451 e. The predicted octanol–water partition coefficient (Wildman–Crippen LogP) is 5.24. The Bertz CT molecular complexity index is 1260. The lowest BCUT2D eigenvalue weighted by Gasteiger charge is -2.52. The van der Waals surface area contributed by atoms with Crippen LogP contribution in [-0.2, 0) is 19.0 Å². The highest BCUT2D eigenvalue weighted by molar-refractivity contribution is 9.10. The van der Waals surface area contributed by atoms with Crippen molar-refractivity contribution in [3.63, 3.8) is 0 Å². The summed E-state index contributed by atoms with van der Waals surface area (Å²) in [5.41, 5.74) is -1.23. The lowest BCUT2D eigenvalue weighted by Crippen LogP contribution is -2.68. The zero-order chi connectivity index (χ0) is 26.7. The van der Waals surface area contributed by atoms with Gasteiger partial charge in [-0.1, -0.05) is 45.1 Å². The summed E-state index contributed by atoms with van der Waals surface area (Å²) in [6.07, 6.45) is 2.82. The molecule has 0 aromatic heterocycles. The van der Waals surface area contributed by atoms with E-state index in [1.807, 2.05) is 39.0 Å². The van der Waals surface area contributed by atoms with Gasteiger partial charge in [-0.15, -0.1) is 0 Å². The topological polar surface area (TPSA) is 82.1 Å². The van der Waals surface area contributed by atoms with Gasteiger partial charge in [-0.3, -0.25) is 4.79 Å². The molecule has 2 bridgehead atoms. The van der Waals surface area contributed by atoms with E-state index in [-0.39, 0.29) is 35.6 Å². The Balaban J connectivity index is 1.52. The van der Waals surface area contributed by atoms with E-state index in [1.54, 1.807) is 18.2 Å². The van der Waals surface area contributed by atoms with Crippen molar-refractivity contribution in [3.05, 3.63) is 57.6 Å². The Kier molecular flexibility index (Phi) is 5.42. The van der Waals surface area contributed by atoms with Crippen molar-refractivity contribution in [2.45, 2.75) is 71.6 Å². The lowest BCUT2D eigenvalue weighted by atomic mass is 9.59. The van der Waals surface area contributed by atoms with Gasteiger partial charge in [0, 0.05) is 10.4 Å². The van der Waals surface area contributed by atoms with Gasteiger partial charge in [-0.25, -0.2) is 4.79 Å². The summed E-state index contributed by atoms with van der Waals surface area (Å²) in [5.74, 6) is -1.49. The van der Waals surface area contributed by atoms with Crippen molar-refractivity contribution >= 4 is 27.7 Å². The number of ketones is 1. The van der Waals surface area contributed by atoms with Crippen molar-refractivity contribution in [1.29, 1.82) is 0 Å². The molecule has 1 aromatic rings. The third kappa shape index (κ3) is 3.27. The van der Waals surface area contributed by atoms with Crippen molar-refractivity contribution in [2.75, 3.05) is 6.61 Å². The summed E-state index contributed by atoms with van der Waals surface area (Å²) in [6, 6.07) is 7.04. The Morgan fingerprint density at radius 3 is 2.59 bits per heavy atom. The van der Waals surface area contributed by atoms with Gasteiger partial charge in [0.1, 0.15) is 6.10 Å². The minimum atomic E-state index is -1.81. The van der Waals surface area contributed by atoms with Crippen LogP contribution >= 0.6 is 15.9 Å². The molecule has 37 heavy (non-hydrogen) atoms. The summed E-state index contributed by atoms with van der Waals surface area (Å²) in [6.45, 7) is 12.3. The molecule has 1 aromatic carbocycles. The molecule has 1 spiro atoms. The van der Waals surface area contributed by atoms with Crippen LogP contribution in [-0.4, -0.2) is 47.1 Å². The van der Waals surface area contributed by atoms with E-state index in [4.69, 9.17) is 14.2 Å². The van der Waals surface area contributed by atoms with Crippen LogP contribution in [0.15, 0.2) is 52.0 Å². The van der Waals surface area contributed by atoms with Crippen molar-refractivity contribution in [1.82, 2.24) is 0 Å². The summed E-state index contributed by atoms with van der Waals surface area (Å²) in [7, 11) is 0. The van der Waals surface area contributed by atoms with E-state index < -0.39 is 35.0 Å². The third-order valence-electron chi connectivity index (χ3n) is 9.99. The number of carbonyl (C=O) groups excluding carboxylic acids is 2. The van der Waals surface area contributed by atoms with Crippen LogP contribution in [0.5, 0.6) is 0 Å². The maximum Gasteiger partial charge on any atom is 0.339 e. The maximum atomic E-state index is 14.7. The molecule has 0 radical (unpaired) electrons. The number of allylic oxidation sites excluding steroid dienone is 1. The van der Waals surface area contributed by atoms with E-state index >= 15 is 0 Å². The molecular formula is C30H35BrO6. The molecule has 0 amide bonds. The molecule has 4 aliphatic carbocycles. The van der Waals surface area contributed by atoms with Crippen LogP contribution in [0, 0.1) is 34.5 Å². The van der Waals surface area contributed by atoms with Crippen LogP contribution in [0.3, 0.4) is 0 Å². The smallest absolute Gasteiger partial charge is 0.339 e. The molecule has 0 unspecified atom stereocenters. The van der Waals surface area contributed by atoms with Crippen molar-refractivity contribution in [2.24, 2.45) is 34.5 Å². The number of hydrogen-bond donors (Lipinski definition) is 1. The second kappa shape index (κ2) is 7.87. The van der Waals surface area contributed by atoms with Crippen LogP contribution in [0.1, 0.15) is 58.3 Å². The average Bonchev–Trinajstić information content (AvgIpc) is 3.31. The number of carbonyl (C=O) groups is 2. The zero-order valence-electron chi connectivity index (χ0n) is 22.2. The predicted molar refractivity (Wildman–Crippen MR) is 141 cm³/mol. The standard InChI is InChI=1S/C30H35BrO6/c1-15-13-29-16(2)11-20-22(27(20,3)4)19(23(29)32)12-17-14-35-28(5,6)37-25(17)30(29,34)24(15)36-26(33)18-9-7-8-10-21(18)31/h7-10,12-13,16,19-20,22,24-25,34H,11,14H2,1-6H3/t16-,19+,20-,22+,24+,25-,29-,30-/m1/s1. The van der Waals surface area contributed by atoms with Crippen LogP contribution in [0.4, 0.5) is 0 Å². The molecule has 1 N–H and O–H groups in total. The molecule has 198 valence electrons. The molecule has 6 rings (SSSR count). The number of Topliss-reactive ketones (excluding diaryl/α,β-unsaturated/α-hetero) is 1. The molecule has 1 heterocycles. The van der Waals surface area contributed by atoms with Crippen molar-refractivity contribution < 1.29 is 28.9 Å². The Morgan fingerprint density at radius 1 is 1.19 bits per heavy atom. The number of rotatable bonds is 2. The number of hydrogen-bond acceptors (Lipinski definition) is 6. The molecule has 6 nitrogen and oxygen atoms in total. The number of esters is 1. The lowest BCUT2D eigenvalue weighted by molar-refractivity contribution is -0.302. The van der Waals surface area contributed by atoms with Gasteiger partial charge in [0.25, 0.3) is 0 Å². The fourth-order valence-electron chi connectivity index (χ4n) is 8.10. The van der Waals surface area contributed by atoms with Crippen molar-refractivity contribution in [3.8, 4) is 0 Å². The second-order valence-corrected chi connectivity index (χ2v) is 13.6. The summed E-state index contributed by atoms with van der Waals surface area (Å²) < 4.78 is 19.2. The molecule has 1 saturated heterocycles. The highest BCUT2D eigenvalue weighted by Gasteiger charge is 2.77. The average molecular weight is 572 g/mol. The fraction of sp³-hybridized carbons (Fsp3) is 0.600. The SMILES string of the molecule is CC1=C[C@@]23C(=O)[C@@H](C=C4COC(C)(C)O[C@H]4[C@]2(O)[C@H]1OC(=O)c1ccccc1Br)[C@H]1[C@@H](C[C@H]3C)C1(C)C. The Labute approximate surface area is 226 Å². The highest BCUT2D eigenvalue weighted by atomic mass is 79.9. The summed E-state index contributed by atoms with van der Waals surface area (Å²) in [5, 5.41) is 13.0. The number of aliphatic hydroxyl groups is 1. The summed E-state index contributed by atoms with van der Waals surface area (Å²) >= 11 is 3.44. The zero-order valence-corrected chi connectivity index (χ0v) is 23.8. The quantitative estimate of drug-likeness (QED) is 0.386. The Morgan fingerprint density at radius 2 is 1.89 bits per heavy atom. The fourth-order valence-corrected chi connectivity index (χ4v) is 8.54. The van der Waals surface area contributed by atoms with Crippen LogP contribution < -0.4 is 0 Å². The number of fused-ring (bicyclic) bond motifs is 5. The first kappa shape index (κ1) is 25.5. The maximum absolute atomic E-state index is 14.7. The molecule has 7 heteroatoms. The third-order valence-corrected chi connectivity index (χ3v) is 10.7. The number of benzene rings is 1. The Hall–Kier alpha value is -1.80. The molecule has 8 atom stereocenters. The molecule has 3 fully saturated rings. The van der Waals surface area contributed by atoms with Crippen LogP contribution in [0.2, 0.25) is 0 Å². The molecule has 2 saturated carbocycles. The van der Waals surface area contributed by atoms with Gasteiger partial charge in [-0.05, 0) is 89.6 Å². The van der Waals surface area contributed by atoms with E-state index in [0.717, 1.165) is 12.0 Å². The molecule has 1 aliphatic heterocycles. The van der Waals surface area contributed by atoms with E-state index in [1.165, 1.54) is 0 Å². The first-order valence-electron chi connectivity index (χ1n) is 13.2. The normalized spacial score (nSPS) is 42.8.